The minimum Gasteiger partial charge on any atom is -0.493 e. The van der Waals surface area contributed by atoms with E-state index in [1.54, 1.807) is 20.4 Å². The third-order valence-electron chi connectivity index (χ3n) is 3.99. The van der Waals surface area contributed by atoms with Crippen molar-refractivity contribution in [3.8, 4) is 17.2 Å². The molecule has 1 heterocycles. The normalized spacial score (nSPS) is 15.8. The highest BCUT2D eigenvalue weighted by atomic mass is 16.5. The number of ketones is 1. The molecule has 116 valence electrons. The Morgan fingerprint density at radius 1 is 1.05 bits per heavy atom. The lowest BCUT2D eigenvalue weighted by atomic mass is 9.96. The van der Waals surface area contributed by atoms with Gasteiger partial charge in [0.2, 0.25) is 0 Å². The second kappa shape index (κ2) is 6.22. The predicted octanol–water partition coefficient (Wildman–Crippen LogP) is 3.14. The molecule has 1 aliphatic rings. The van der Waals surface area contributed by atoms with Crippen molar-refractivity contribution in [2.45, 2.75) is 31.8 Å². The summed E-state index contributed by atoms with van der Waals surface area (Å²) in [5.41, 5.74) is 0.794. The summed E-state index contributed by atoms with van der Waals surface area (Å²) in [6.45, 7) is 0. The Balaban J connectivity index is 1.93. The van der Waals surface area contributed by atoms with Gasteiger partial charge >= 0.3 is 0 Å². The van der Waals surface area contributed by atoms with Crippen molar-refractivity contribution in [3.05, 3.63) is 24.4 Å². The van der Waals surface area contributed by atoms with Crippen LogP contribution in [0.4, 0.5) is 0 Å². The SMILES string of the molecule is COc1cc2nccc(OC3CCC(=O)CC3)c2cc1OC. The van der Waals surface area contributed by atoms with Crippen LogP contribution in [-0.4, -0.2) is 31.1 Å². The zero-order valence-corrected chi connectivity index (χ0v) is 12.8. The predicted molar refractivity (Wildman–Crippen MR) is 82.7 cm³/mol. The maximum atomic E-state index is 11.3. The molecule has 0 unspecified atom stereocenters. The Morgan fingerprint density at radius 3 is 2.41 bits per heavy atom. The summed E-state index contributed by atoms with van der Waals surface area (Å²) in [5.74, 6) is 2.38. The number of fused-ring (bicyclic) bond motifs is 1. The highest BCUT2D eigenvalue weighted by Crippen LogP contribution is 2.36. The van der Waals surface area contributed by atoms with Crippen LogP contribution in [0.2, 0.25) is 0 Å². The lowest BCUT2D eigenvalue weighted by Gasteiger charge is -2.23. The van der Waals surface area contributed by atoms with E-state index in [4.69, 9.17) is 14.2 Å². The summed E-state index contributed by atoms with van der Waals surface area (Å²) in [6, 6.07) is 5.57. The van der Waals surface area contributed by atoms with Gasteiger partial charge < -0.3 is 14.2 Å². The molecule has 1 aromatic carbocycles. The van der Waals surface area contributed by atoms with Crippen LogP contribution in [0.3, 0.4) is 0 Å². The van der Waals surface area contributed by atoms with Gasteiger partial charge in [-0.3, -0.25) is 9.78 Å². The number of carbonyl (C=O) groups is 1. The van der Waals surface area contributed by atoms with Gasteiger partial charge in [0.25, 0.3) is 0 Å². The Kier molecular flexibility index (Phi) is 4.13. The summed E-state index contributed by atoms with van der Waals surface area (Å²) in [6.07, 6.45) is 4.55. The Bertz CT molecular complexity index is 688. The molecule has 1 aromatic heterocycles. The highest BCUT2D eigenvalue weighted by molar-refractivity contribution is 5.88. The number of pyridine rings is 1. The van der Waals surface area contributed by atoms with Crippen LogP contribution in [0.25, 0.3) is 10.9 Å². The van der Waals surface area contributed by atoms with E-state index >= 15 is 0 Å². The van der Waals surface area contributed by atoms with Crippen LogP contribution in [0.5, 0.6) is 17.2 Å². The number of nitrogens with zero attached hydrogens (tertiary/aromatic N) is 1. The van der Waals surface area contributed by atoms with Gasteiger partial charge in [-0.1, -0.05) is 0 Å². The fourth-order valence-electron chi connectivity index (χ4n) is 2.76. The maximum Gasteiger partial charge on any atom is 0.162 e. The molecule has 22 heavy (non-hydrogen) atoms. The van der Waals surface area contributed by atoms with Gasteiger partial charge in [0, 0.05) is 30.5 Å². The molecule has 5 heteroatoms. The largest absolute Gasteiger partial charge is 0.493 e. The van der Waals surface area contributed by atoms with Crippen LogP contribution >= 0.6 is 0 Å². The number of ether oxygens (including phenoxy) is 3. The Hall–Kier alpha value is -2.30. The van der Waals surface area contributed by atoms with Crippen molar-refractivity contribution in [3.63, 3.8) is 0 Å². The lowest BCUT2D eigenvalue weighted by molar-refractivity contribution is -0.121. The molecular weight excluding hydrogens is 282 g/mol. The maximum absolute atomic E-state index is 11.3. The zero-order chi connectivity index (χ0) is 15.5. The monoisotopic (exact) mass is 301 g/mol. The van der Waals surface area contributed by atoms with Gasteiger partial charge in [0.15, 0.2) is 11.5 Å². The fourth-order valence-corrected chi connectivity index (χ4v) is 2.76. The fraction of sp³-hybridized carbons (Fsp3) is 0.412. The minimum absolute atomic E-state index is 0.0800. The van der Waals surface area contributed by atoms with Crippen molar-refractivity contribution in [1.82, 2.24) is 4.98 Å². The van der Waals surface area contributed by atoms with E-state index in [9.17, 15) is 4.79 Å². The summed E-state index contributed by atoms with van der Waals surface area (Å²) >= 11 is 0. The average molecular weight is 301 g/mol. The number of rotatable bonds is 4. The minimum atomic E-state index is 0.0800. The number of benzene rings is 1. The third kappa shape index (κ3) is 2.84. The number of aromatic nitrogens is 1. The molecule has 1 saturated carbocycles. The molecule has 0 atom stereocenters. The first-order chi connectivity index (χ1) is 10.7. The smallest absolute Gasteiger partial charge is 0.162 e. The van der Waals surface area contributed by atoms with Crippen molar-refractivity contribution in [2.24, 2.45) is 0 Å². The number of methoxy groups -OCH3 is 2. The molecule has 0 saturated heterocycles. The van der Waals surface area contributed by atoms with Gasteiger partial charge in [0.05, 0.1) is 25.8 Å². The molecular formula is C17H19NO4. The molecule has 0 bridgehead atoms. The number of hydrogen-bond acceptors (Lipinski definition) is 5. The Morgan fingerprint density at radius 2 is 1.73 bits per heavy atom. The highest BCUT2D eigenvalue weighted by Gasteiger charge is 2.21. The molecule has 0 N–H and O–H groups in total. The first-order valence-corrected chi connectivity index (χ1v) is 7.40. The van der Waals surface area contributed by atoms with Crippen molar-refractivity contribution < 1.29 is 19.0 Å². The topological polar surface area (TPSA) is 57.7 Å². The number of Topliss-reactive ketones (excluding diaryl/α,β-unsaturated/α-hetero) is 1. The second-order valence-corrected chi connectivity index (χ2v) is 5.39. The zero-order valence-electron chi connectivity index (χ0n) is 12.8. The van der Waals surface area contributed by atoms with E-state index in [0.717, 1.165) is 29.5 Å². The molecule has 3 rings (SSSR count). The summed E-state index contributed by atoms with van der Waals surface area (Å²) < 4.78 is 16.8. The van der Waals surface area contributed by atoms with E-state index in [0.29, 0.717) is 30.1 Å². The summed E-state index contributed by atoms with van der Waals surface area (Å²) in [5, 5.41) is 0.886. The van der Waals surface area contributed by atoms with Crippen LogP contribution < -0.4 is 14.2 Å². The first-order valence-electron chi connectivity index (χ1n) is 7.40. The van der Waals surface area contributed by atoms with E-state index in [2.05, 4.69) is 4.98 Å². The average Bonchev–Trinajstić information content (AvgIpc) is 2.56. The molecule has 0 aliphatic heterocycles. The molecule has 5 nitrogen and oxygen atoms in total. The standard InChI is InChI=1S/C17H19NO4/c1-20-16-9-13-14(10-17(16)21-2)18-8-7-15(13)22-12-5-3-11(19)4-6-12/h7-10,12H,3-6H2,1-2H3. The van der Waals surface area contributed by atoms with Crippen molar-refractivity contribution >= 4 is 16.7 Å². The van der Waals surface area contributed by atoms with Gasteiger partial charge in [-0.05, 0) is 25.0 Å². The second-order valence-electron chi connectivity index (χ2n) is 5.39. The number of hydrogen-bond donors (Lipinski definition) is 0. The van der Waals surface area contributed by atoms with Gasteiger partial charge in [0.1, 0.15) is 11.5 Å². The van der Waals surface area contributed by atoms with Crippen LogP contribution in [-0.2, 0) is 4.79 Å². The molecule has 0 amide bonds. The molecule has 1 fully saturated rings. The van der Waals surface area contributed by atoms with E-state index in [1.807, 2.05) is 18.2 Å². The van der Waals surface area contributed by atoms with Crippen molar-refractivity contribution in [2.75, 3.05) is 14.2 Å². The van der Waals surface area contributed by atoms with Crippen LogP contribution in [0.15, 0.2) is 24.4 Å². The van der Waals surface area contributed by atoms with E-state index in [1.165, 1.54) is 0 Å². The van der Waals surface area contributed by atoms with Crippen molar-refractivity contribution in [1.29, 1.82) is 0 Å². The first kappa shape index (κ1) is 14.6. The lowest BCUT2D eigenvalue weighted by Crippen LogP contribution is -2.24. The van der Waals surface area contributed by atoms with E-state index in [-0.39, 0.29) is 6.10 Å². The Labute approximate surface area is 129 Å². The van der Waals surface area contributed by atoms with Crippen LogP contribution in [0.1, 0.15) is 25.7 Å². The van der Waals surface area contributed by atoms with Gasteiger partial charge in [-0.2, -0.15) is 0 Å². The summed E-state index contributed by atoms with van der Waals surface area (Å²) in [4.78, 5) is 15.7. The van der Waals surface area contributed by atoms with Gasteiger partial charge in [-0.15, -0.1) is 0 Å². The van der Waals surface area contributed by atoms with Gasteiger partial charge in [-0.25, -0.2) is 0 Å². The molecule has 1 aliphatic carbocycles. The molecule has 0 spiro atoms. The quantitative estimate of drug-likeness (QED) is 0.868. The number of carbonyl (C=O) groups excluding carboxylic acids is 1. The van der Waals surface area contributed by atoms with E-state index < -0.39 is 0 Å². The summed E-state index contributed by atoms with van der Waals surface area (Å²) in [7, 11) is 3.20. The van der Waals surface area contributed by atoms with Crippen LogP contribution in [0, 0.1) is 0 Å². The third-order valence-corrected chi connectivity index (χ3v) is 3.99. The molecule has 2 aromatic rings. The molecule has 0 radical (unpaired) electrons.